The first-order valence-corrected chi connectivity index (χ1v) is 19.0. The van der Waals surface area contributed by atoms with Crippen LogP contribution in [0.15, 0.2) is 104 Å². The third-order valence-corrected chi connectivity index (χ3v) is 9.62. The lowest BCUT2D eigenvalue weighted by Crippen LogP contribution is -2.48. The van der Waals surface area contributed by atoms with E-state index in [1.54, 1.807) is 0 Å². The number of aromatic nitrogens is 2. The molecule has 1 fully saturated rings. The zero-order valence-electron chi connectivity index (χ0n) is 31.9. The van der Waals surface area contributed by atoms with Crippen molar-refractivity contribution in [1.82, 2.24) is 25.1 Å². The number of ether oxygens (including phenoxy) is 1. The monoisotopic (exact) mass is 711 g/mol. The van der Waals surface area contributed by atoms with Gasteiger partial charge in [-0.1, -0.05) is 74.5 Å². The number of rotatable bonds is 13. The third-order valence-electron chi connectivity index (χ3n) is 9.62. The van der Waals surface area contributed by atoms with Crippen molar-refractivity contribution in [1.29, 1.82) is 0 Å². The van der Waals surface area contributed by atoms with Gasteiger partial charge in [0.25, 0.3) is 0 Å². The van der Waals surface area contributed by atoms with E-state index in [1.165, 1.54) is 22.1 Å². The molecule has 2 amide bonds. The Hall–Kier alpha value is -5.34. The molecule has 1 saturated heterocycles. The fourth-order valence-electron chi connectivity index (χ4n) is 6.78. The first-order chi connectivity index (χ1) is 25.9. The normalized spacial score (nSPS) is 13.3. The topological polar surface area (TPSA) is 87.7 Å². The van der Waals surface area contributed by atoms with Gasteiger partial charge >= 0.3 is 0 Å². The van der Waals surface area contributed by atoms with E-state index in [1.807, 2.05) is 62.6 Å². The van der Waals surface area contributed by atoms with Crippen LogP contribution >= 0.6 is 0 Å². The summed E-state index contributed by atoms with van der Waals surface area (Å²) in [4.78, 5) is 37.6. The summed E-state index contributed by atoms with van der Waals surface area (Å²) < 4.78 is 6.63. The van der Waals surface area contributed by atoms with Crippen molar-refractivity contribution < 1.29 is 14.3 Å². The van der Waals surface area contributed by atoms with Gasteiger partial charge in [0.05, 0.1) is 6.61 Å². The average molecular weight is 712 g/mol. The number of fused-ring (bicyclic) bond motifs is 1. The quantitative estimate of drug-likeness (QED) is 0.132. The zero-order chi connectivity index (χ0) is 37.6. The van der Waals surface area contributed by atoms with Crippen LogP contribution in [0.1, 0.15) is 68.4 Å². The van der Waals surface area contributed by atoms with Gasteiger partial charge in [0.1, 0.15) is 5.75 Å². The number of amides is 2. The smallest absolute Gasteiger partial charge is 0.223 e. The minimum absolute atomic E-state index is 0.0472. The Balaban J connectivity index is 0.00000266. The van der Waals surface area contributed by atoms with Crippen LogP contribution in [0.3, 0.4) is 0 Å². The largest absolute Gasteiger partial charge is 0.493 e. The Morgan fingerprint density at radius 3 is 2.32 bits per heavy atom. The van der Waals surface area contributed by atoms with Gasteiger partial charge in [-0.2, -0.15) is 0 Å². The van der Waals surface area contributed by atoms with Crippen molar-refractivity contribution in [3.05, 3.63) is 131 Å². The van der Waals surface area contributed by atoms with Crippen molar-refractivity contribution in [3.63, 3.8) is 0 Å². The van der Waals surface area contributed by atoms with E-state index in [9.17, 15) is 9.59 Å². The Labute approximate surface area is 314 Å². The van der Waals surface area contributed by atoms with E-state index >= 15 is 0 Å². The lowest BCUT2D eigenvalue weighted by molar-refractivity contribution is -0.135. The Morgan fingerprint density at radius 2 is 1.58 bits per heavy atom. The molecule has 1 N–H and O–H groups in total. The highest BCUT2D eigenvalue weighted by Crippen LogP contribution is 2.34. The summed E-state index contributed by atoms with van der Waals surface area (Å²) in [5.74, 6) is 0.826. The summed E-state index contributed by atoms with van der Waals surface area (Å²) in [5, 5.41) is 5.10. The van der Waals surface area contributed by atoms with Gasteiger partial charge in [-0.3, -0.25) is 24.5 Å². The lowest BCUT2D eigenvalue weighted by Gasteiger charge is -2.35. The maximum atomic E-state index is 12.7. The van der Waals surface area contributed by atoms with Crippen molar-refractivity contribution in [2.24, 2.45) is 0 Å². The zero-order valence-corrected chi connectivity index (χ0v) is 31.9. The highest BCUT2D eigenvalue weighted by molar-refractivity contribution is 5.96. The number of nitrogens with zero attached hydrogens (tertiary/aromatic N) is 4. The summed E-state index contributed by atoms with van der Waals surface area (Å²) >= 11 is 0. The first kappa shape index (κ1) is 38.9. The molecular weight excluding hydrogens is 659 g/mol. The number of benzene rings is 3. The molecule has 0 unspecified atom stereocenters. The number of hydrogen-bond donors (Lipinski definition) is 1. The van der Waals surface area contributed by atoms with Crippen molar-refractivity contribution in [2.45, 2.75) is 60.4 Å². The fraction of sp³-hybridized carbons (Fsp3) is 0.333. The summed E-state index contributed by atoms with van der Waals surface area (Å²) in [7, 11) is 0. The van der Waals surface area contributed by atoms with Crippen LogP contribution in [0.4, 0.5) is 0 Å². The van der Waals surface area contributed by atoms with Crippen LogP contribution in [-0.4, -0.2) is 70.9 Å². The average Bonchev–Trinajstić information content (AvgIpc) is 3.20. The Morgan fingerprint density at radius 1 is 0.849 bits per heavy atom. The van der Waals surface area contributed by atoms with Crippen molar-refractivity contribution in [3.8, 4) is 16.9 Å². The van der Waals surface area contributed by atoms with E-state index in [4.69, 9.17) is 4.74 Å². The number of carbonyl (C=O) groups is 2. The van der Waals surface area contributed by atoms with E-state index in [0.717, 1.165) is 65.0 Å². The number of allylic oxidation sites excluding steroid dienone is 1. The molecule has 8 heteroatoms. The Bertz CT molecular complexity index is 1990. The van der Waals surface area contributed by atoms with E-state index in [0.29, 0.717) is 26.2 Å². The molecule has 2 aromatic heterocycles. The second-order valence-corrected chi connectivity index (χ2v) is 13.0. The molecule has 276 valence electrons. The van der Waals surface area contributed by atoms with Crippen molar-refractivity contribution >= 4 is 28.2 Å². The van der Waals surface area contributed by atoms with Gasteiger partial charge in [0, 0.05) is 99.8 Å². The third kappa shape index (κ3) is 10.2. The second kappa shape index (κ2) is 19.5. The maximum absolute atomic E-state index is 12.7. The predicted molar refractivity (Wildman–Crippen MR) is 216 cm³/mol. The highest BCUT2D eigenvalue weighted by Gasteiger charge is 2.22. The lowest BCUT2D eigenvalue weighted by atomic mass is 9.94. The van der Waals surface area contributed by atoms with Crippen LogP contribution in [0, 0.1) is 6.92 Å². The summed E-state index contributed by atoms with van der Waals surface area (Å²) in [6, 6.07) is 25.7. The number of piperazine rings is 1. The molecule has 5 aromatic rings. The highest BCUT2D eigenvalue weighted by atomic mass is 16.5. The van der Waals surface area contributed by atoms with Gasteiger partial charge in [-0.25, -0.2) is 0 Å². The number of aryl methyl sites for hydroxylation is 1. The van der Waals surface area contributed by atoms with Gasteiger partial charge in [-0.05, 0) is 77.7 Å². The van der Waals surface area contributed by atoms with Crippen LogP contribution in [0.25, 0.3) is 27.5 Å². The molecule has 0 aliphatic carbocycles. The van der Waals surface area contributed by atoms with Gasteiger partial charge in [0.2, 0.25) is 11.8 Å². The van der Waals surface area contributed by atoms with Gasteiger partial charge in [-0.15, -0.1) is 0 Å². The fourth-order valence-corrected chi connectivity index (χ4v) is 6.78. The van der Waals surface area contributed by atoms with Crippen molar-refractivity contribution in [2.75, 3.05) is 39.3 Å². The molecule has 0 bridgehead atoms. The maximum Gasteiger partial charge on any atom is 0.223 e. The number of pyridine rings is 2. The number of hydrogen-bond acceptors (Lipinski definition) is 6. The van der Waals surface area contributed by atoms with E-state index < -0.39 is 0 Å². The molecule has 0 saturated carbocycles. The molecule has 8 nitrogen and oxygen atoms in total. The number of nitrogens with one attached hydrogen (secondary N) is 1. The molecular formula is C45H53N5O3. The molecule has 3 aromatic carbocycles. The molecule has 3 heterocycles. The molecule has 0 spiro atoms. The first-order valence-electron chi connectivity index (χ1n) is 19.0. The van der Waals surface area contributed by atoms with E-state index in [2.05, 4.69) is 101 Å². The van der Waals surface area contributed by atoms with E-state index in [-0.39, 0.29) is 24.7 Å². The number of carbonyl (C=O) groups excluding carboxylic acids is 2. The van der Waals surface area contributed by atoms with Crippen LogP contribution in [0.2, 0.25) is 0 Å². The molecule has 53 heavy (non-hydrogen) atoms. The molecule has 1 aliphatic rings. The predicted octanol–water partition coefficient (Wildman–Crippen LogP) is 8.27. The summed E-state index contributed by atoms with van der Waals surface area (Å²) in [6.07, 6.45) is 10.9. The minimum Gasteiger partial charge on any atom is -0.493 e. The molecule has 0 radical (unpaired) electrons. The molecule has 1 aliphatic heterocycles. The molecule has 0 atom stereocenters. The summed E-state index contributed by atoms with van der Waals surface area (Å²) in [6.45, 7) is 14.8. The van der Waals surface area contributed by atoms with Crippen LogP contribution in [-0.2, 0) is 22.6 Å². The SMILES string of the molecule is C/C=C(\c1cnccc1C)c1ccc(CN2CCN(C(=O)CCC(=O)NCC)CC2)cc1OCCc1ccc(-c2cccc3ccncc23)cc1.CC. The standard InChI is InChI=1S/C43H47N5O3.C2H6/c1-4-36(39-28-44-20-17-31(39)3)38-14-11-33(30-47-22-24-48(25-23-47)43(50)16-15-42(49)46-5-2)27-41(38)51-26-19-32-9-12-35(13-10-32)37-8-6-7-34-18-21-45-29-40(34)37;1-2/h4,6-14,17-18,20-21,27-29H,5,15-16,19,22-26,30H2,1-3H3,(H,46,49);1-2H3/b36-4-;. The molecule has 6 rings (SSSR count). The van der Waals surface area contributed by atoms with Crippen LogP contribution in [0.5, 0.6) is 5.75 Å². The van der Waals surface area contributed by atoms with Crippen LogP contribution < -0.4 is 10.1 Å². The van der Waals surface area contributed by atoms with Gasteiger partial charge < -0.3 is 15.0 Å². The van der Waals surface area contributed by atoms with Gasteiger partial charge in [0.15, 0.2) is 0 Å². The Kier molecular flexibility index (Phi) is 14.3. The second-order valence-electron chi connectivity index (χ2n) is 13.0. The minimum atomic E-state index is -0.0709. The summed E-state index contributed by atoms with van der Waals surface area (Å²) in [5.41, 5.74) is 9.11.